The van der Waals surface area contributed by atoms with Gasteiger partial charge in [-0.25, -0.2) is 13.2 Å². The molecule has 1 atom stereocenters. The van der Waals surface area contributed by atoms with Crippen molar-refractivity contribution in [2.75, 3.05) is 18.4 Å². The van der Waals surface area contributed by atoms with E-state index in [9.17, 15) is 27.9 Å². The Morgan fingerprint density at radius 1 is 1.19 bits per heavy atom. The van der Waals surface area contributed by atoms with Crippen molar-refractivity contribution in [3.8, 4) is 0 Å². The monoisotopic (exact) mass is 302 g/mol. The zero-order valence-electron chi connectivity index (χ0n) is 10.9. The van der Waals surface area contributed by atoms with E-state index in [1.165, 1.54) is 0 Å². The molecule has 21 heavy (non-hydrogen) atoms. The number of halogens is 3. The molecule has 114 valence electrons. The second-order valence-electron chi connectivity index (χ2n) is 4.75. The first-order valence-electron chi connectivity index (χ1n) is 6.31. The van der Waals surface area contributed by atoms with Crippen LogP contribution in [-0.2, 0) is 9.59 Å². The largest absolute Gasteiger partial charge is 0.391 e. The van der Waals surface area contributed by atoms with Crippen molar-refractivity contribution in [2.24, 2.45) is 0 Å². The van der Waals surface area contributed by atoms with Crippen LogP contribution < -0.4 is 5.32 Å². The van der Waals surface area contributed by atoms with E-state index in [1.807, 2.05) is 5.32 Å². The molecule has 5 nitrogen and oxygen atoms in total. The van der Waals surface area contributed by atoms with E-state index in [0.717, 1.165) is 4.90 Å². The van der Waals surface area contributed by atoms with Gasteiger partial charge in [-0.2, -0.15) is 0 Å². The van der Waals surface area contributed by atoms with E-state index in [-0.39, 0.29) is 12.6 Å². The number of likely N-dealkylation sites (tertiary alicyclic amines) is 1. The Labute approximate surface area is 118 Å². The molecule has 2 N–H and O–H groups in total. The van der Waals surface area contributed by atoms with Crippen molar-refractivity contribution in [3.63, 3.8) is 0 Å². The molecule has 2 amide bonds. The van der Waals surface area contributed by atoms with Crippen LogP contribution in [0.4, 0.5) is 18.9 Å². The Morgan fingerprint density at radius 3 is 2.52 bits per heavy atom. The summed E-state index contributed by atoms with van der Waals surface area (Å²) in [5.41, 5.74) is -0.621. The lowest BCUT2D eigenvalue weighted by Gasteiger charge is -2.29. The van der Waals surface area contributed by atoms with Gasteiger partial charge in [-0.1, -0.05) is 0 Å². The molecule has 0 bridgehead atoms. The molecule has 1 unspecified atom stereocenters. The van der Waals surface area contributed by atoms with Crippen molar-refractivity contribution in [2.45, 2.75) is 18.9 Å². The number of anilines is 1. The smallest absolute Gasteiger partial charge is 0.313 e. The fourth-order valence-corrected chi connectivity index (χ4v) is 2.08. The lowest BCUT2D eigenvalue weighted by Crippen LogP contribution is -2.46. The van der Waals surface area contributed by atoms with Crippen molar-refractivity contribution in [1.82, 2.24) is 4.90 Å². The van der Waals surface area contributed by atoms with Gasteiger partial charge < -0.3 is 15.3 Å². The summed E-state index contributed by atoms with van der Waals surface area (Å²) in [4.78, 5) is 24.6. The van der Waals surface area contributed by atoms with Gasteiger partial charge in [0.05, 0.1) is 11.8 Å². The Bertz CT molecular complexity index is 580. The number of nitrogens with zero attached hydrogens (tertiary/aromatic N) is 1. The molecule has 0 saturated carbocycles. The third kappa shape index (κ3) is 3.52. The predicted octanol–water partition coefficient (Wildman–Crippen LogP) is 1.03. The minimum Gasteiger partial charge on any atom is -0.391 e. The fraction of sp³-hybridized carbons (Fsp3) is 0.385. The molecule has 1 heterocycles. The normalized spacial score (nSPS) is 18.5. The molecule has 1 aromatic carbocycles. The van der Waals surface area contributed by atoms with Crippen LogP contribution in [0, 0.1) is 17.5 Å². The van der Waals surface area contributed by atoms with Crippen LogP contribution in [-0.4, -0.2) is 41.0 Å². The molecular weight excluding hydrogens is 289 g/mol. The molecule has 2 rings (SSSR count). The highest BCUT2D eigenvalue weighted by Gasteiger charge is 2.27. The Morgan fingerprint density at radius 2 is 1.86 bits per heavy atom. The predicted molar refractivity (Wildman–Crippen MR) is 66.8 cm³/mol. The quantitative estimate of drug-likeness (QED) is 0.601. The first-order chi connectivity index (χ1) is 9.88. The molecule has 1 aromatic rings. The van der Waals surface area contributed by atoms with Crippen LogP contribution in [0.1, 0.15) is 12.8 Å². The van der Waals surface area contributed by atoms with E-state index < -0.39 is 41.1 Å². The van der Waals surface area contributed by atoms with Crippen LogP contribution in [0.25, 0.3) is 0 Å². The molecule has 1 saturated heterocycles. The number of piperidine rings is 1. The highest BCUT2D eigenvalue weighted by Crippen LogP contribution is 2.19. The summed E-state index contributed by atoms with van der Waals surface area (Å²) in [6.45, 7) is 0.302. The maximum absolute atomic E-state index is 13.4. The van der Waals surface area contributed by atoms with Gasteiger partial charge >= 0.3 is 11.8 Å². The highest BCUT2D eigenvalue weighted by molar-refractivity contribution is 6.39. The molecule has 1 aliphatic rings. The van der Waals surface area contributed by atoms with E-state index in [0.29, 0.717) is 25.5 Å². The summed E-state index contributed by atoms with van der Waals surface area (Å²) < 4.78 is 39.1. The van der Waals surface area contributed by atoms with Gasteiger partial charge in [0.25, 0.3) is 0 Å². The highest BCUT2D eigenvalue weighted by atomic mass is 19.2. The van der Waals surface area contributed by atoms with Gasteiger partial charge in [0.1, 0.15) is 5.82 Å². The number of carbonyl (C=O) groups excluding carboxylic acids is 2. The third-order valence-corrected chi connectivity index (χ3v) is 3.14. The number of hydrogen-bond donors (Lipinski definition) is 2. The molecule has 0 radical (unpaired) electrons. The van der Waals surface area contributed by atoms with E-state index in [2.05, 4.69) is 0 Å². The van der Waals surface area contributed by atoms with Crippen molar-refractivity contribution in [1.29, 1.82) is 0 Å². The Hall–Kier alpha value is -2.09. The molecule has 0 aliphatic carbocycles. The number of hydrogen-bond acceptors (Lipinski definition) is 3. The topological polar surface area (TPSA) is 69.6 Å². The summed E-state index contributed by atoms with van der Waals surface area (Å²) in [6, 6.07) is 0.737. The summed E-state index contributed by atoms with van der Waals surface area (Å²) in [5.74, 6) is -6.05. The second-order valence-corrected chi connectivity index (χ2v) is 4.75. The van der Waals surface area contributed by atoms with E-state index >= 15 is 0 Å². The van der Waals surface area contributed by atoms with Gasteiger partial charge in [-0.3, -0.25) is 9.59 Å². The number of β-amino-alcohol motifs (C(OH)–C–C–N with tert-alkyl or cyclic N) is 1. The zero-order valence-corrected chi connectivity index (χ0v) is 10.9. The maximum atomic E-state index is 13.4. The number of amides is 2. The molecular formula is C13H13F3N2O3. The van der Waals surface area contributed by atoms with E-state index in [4.69, 9.17) is 0 Å². The van der Waals surface area contributed by atoms with Crippen LogP contribution in [0.3, 0.4) is 0 Å². The van der Waals surface area contributed by atoms with Crippen molar-refractivity contribution in [3.05, 3.63) is 29.6 Å². The van der Waals surface area contributed by atoms with Crippen molar-refractivity contribution >= 4 is 17.5 Å². The summed E-state index contributed by atoms with van der Waals surface area (Å²) in [5, 5.41) is 11.3. The molecule has 8 heteroatoms. The van der Waals surface area contributed by atoms with Gasteiger partial charge in [-0.15, -0.1) is 0 Å². The van der Waals surface area contributed by atoms with Gasteiger partial charge in [0.15, 0.2) is 11.6 Å². The molecule has 0 spiro atoms. The van der Waals surface area contributed by atoms with Gasteiger partial charge in [0.2, 0.25) is 0 Å². The molecule has 1 fully saturated rings. The number of nitrogens with one attached hydrogen (secondary N) is 1. The number of carbonyl (C=O) groups is 2. The summed E-state index contributed by atoms with van der Waals surface area (Å²) in [6.07, 6.45) is 0.360. The average molecular weight is 302 g/mol. The molecule has 1 aliphatic heterocycles. The van der Waals surface area contributed by atoms with Gasteiger partial charge in [-0.05, 0) is 12.8 Å². The van der Waals surface area contributed by atoms with E-state index in [1.54, 1.807) is 0 Å². The third-order valence-electron chi connectivity index (χ3n) is 3.14. The van der Waals surface area contributed by atoms with Crippen LogP contribution >= 0.6 is 0 Å². The SMILES string of the molecule is O=C(Nc1cc(F)c(F)cc1F)C(=O)N1CCCC(O)C1. The number of aliphatic hydroxyl groups excluding tert-OH is 1. The number of rotatable bonds is 1. The van der Waals surface area contributed by atoms with Crippen LogP contribution in [0.15, 0.2) is 12.1 Å². The standard InChI is InChI=1S/C13H13F3N2O3/c14-8-4-10(16)11(5-9(8)15)17-12(20)13(21)18-3-1-2-7(19)6-18/h4-5,7,19H,1-3,6H2,(H,17,20). The van der Waals surface area contributed by atoms with Gasteiger partial charge in [0, 0.05) is 25.2 Å². The lowest BCUT2D eigenvalue weighted by molar-refractivity contribution is -0.145. The zero-order chi connectivity index (χ0) is 15.6. The Kier molecular flexibility index (Phi) is 4.46. The van der Waals surface area contributed by atoms with Crippen LogP contribution in [0.2, 0.25) is 0 Å². The molecule has 0 aromatic heterocycles. The summed E-state index contributed by atoms with van der Waals surface area (Å²) >= 11 is 0. The minimum absolute atomic E-state index is 0.00646. The van der Waals surface area contributed by atoms with Crippen LogP contribution in [0.5, 0.6) is 0 Å². The number of aliphatic hydroxyl groups is 1. The Balaban J connectivity index is 2.07. The number of benzene rings is 1. The lowest BCUT2D eigenvalue weighted by atomic mass is 10.1. The second kappa shape index (κ2) is 6.13. The average Bonchev–Trinajstić information content (AvgIpc) is 2.43. The fourth-order valence-electron chi connectivity index (χ4n) is 2.08. The maximum Gasteiger partial charge on any atom is 0.313 e. The van der Waals surface area contributed by atoms with Crippen molar-refractivity contribution < 1.29 is 27.9 Å². The first-order valence-corrected chi connectivity index (χ1v) is 6.31. The first kappa shape index (κ1) is 15.3. The summed E-state index contributed by atoms with van der Waals surface area (Å²) in [7, 11) is 0. The minimum atomic E-state index is -1.39.